The predicted molar refractivity (Wildman–Crippen MR) is 113 cm³/mol. The molecule has 0 saturated carbocycles. The van der Waals surface area contributed by atoms with Gasteiger partial charge in [0.1, 0.15) is 0 Å². The van der Waals surface area contributed by atoms with Gasteiger partial charge >= 0.3 is 6.03 Å². The molecule has 0 unspecified atom stereocenters. The van der Waals surface area contributed by atoms with Crippen molar-refractivity contribution in [1.29, 1.82) is 0 Å². The van der Waals surface area contributed by atoms with Crippen LogP contribution in [0.1, 0.15) is 37.1 Å². The Bertz CT molecular complexity index is 978. The molecule has 6 nitrogen and oxygen atoms in total. The number of nitrogens with zero attached hydrogens (tertiary/aromatic N) is 3. The van der Waals surface area contributed by atoms with Crippen LogP contribution in [0.3, 0.4) is 0 Å². The lowest BCUT2D eigenvalue weighted by Gasteiger charge is -2.30. The van der Waals surface area contributed by atoms with Gasteiger partial charge in [-0.2, -0.15) is 4.98 Å². The molecule has 1 aliphatic rings. The maximum absolute atomic E-state index is 12.6. The van der Waals surface area contributed by atoms with E-state index in [0.717, 1.165) is 30.5 Å². The van der Waals surface area contributed by atoms with Crippen LogP contribution < -0.4 is 5.32 Å². The maximum Gasteiger partial charge on any atom is 0.321 e. The molecule has 0 radical (unpaired) electrons. The van der Waals surface area contributed by atoms with Crippen molar-refractivity contribution in [1.82, 2.24) is 15.0 Å². The molecule has 29 heavy (non-hydrogen) atoms. The number of anilines is 1. The van der Waals surface area contributed by atoms with E-state index >= 15 is 0 Å². The minimum Gasteiger partial charge on any atom is -0.339 e. The third-order valence-corrected chi connectivity index (χ3v) is 5.51. The van der Waals surface area contributed by atoms with Gasteiger partial charge in [-0.1, -0.05) is 35.8 Å². The second-order valence-electron chi connectivity index (χ2n) is 7.21. The monoisotopic (exact) mass is 410 g/mol. The Morgan fingerprint density at radius 2 is 1.97 bits per heavy atom. The van der Waals surface area contributed by atoms with Crippen LogP contribution >= 0.6 is 11.6 Å². The van der Waals surface area contributed by atoms with Crippen molar-refractivity contribution in [2.45, 2.75) is 32.1 Å². The first-order valence-electron chi connectivity index (χ1n) is 9.87. The molecule has 1 N–H and O–H groups in total. The Labute approximate surface area is 174 Å². The lowest BCUT2D eigenvalue weighted by Crippen LogP contribution is -2.40. The third-order valence-electron chi connectivity index (χ3n) is 5.26. The average molecular weight is 411 g/mol. The number of halogens is 1. The van der Waals surface area contributed by atoms with Gasteiger partial charge in [0.05, 0.1) is 0 Å². The number of rotatable bonds is 4. The van der Waals surface area contributed by atoms with E-state index in [9.17, 15) is 4.79 Å². The van der Waals surface area contributed by atoms with Crippen molar-refractivity contribution in [3.05, 3.63) is 65.0 Å². The second-order valence-corrected chi connectivity index (χ2v) is 7.64. The highest BCUT2D eigenvalue weighted by molar-refractivity contribution is 6.30. The van der Waals surface area contributed by atoms with Gasteiger partial charge in [-0.25, -0.2) is 4.79 Å². The van der Waals surface area contributed by atoms with Crippen LogP contribution in [-0.4, -0.2) is 34.2 Å². The van der Waals surface area contributed by atoms with Crippen molar-refractivity contribution >= 4 is 23.3 Å². The van der Waals surface area contributed by atoms with E-state index in [1.165, 1.54) is 5.56 Å². The fourth-order valence-corrected chi connectivity index (χ4v) is 3.64. The molecule has 0 aliphatic carbocycles. The number of nitrogens with one attached hydrogen (secondary N) is 1. The Morgan fingerprint density at radius 3 is 2.69 bits per heavy atom. The van der Waals surface area contributed by atoms with Gasteiger partial charge in [0, 0.05) is 35.3 Å². The summed E-state index contributed by atoms with van der Waals surface area (Å²) in [4.78, 5) is 19.0. The zero-order valence-electron chi connectivity index (χ0n) is 16.3. The molecule has 1 saturated heterocycles. The molecule has 0 spiro atoms. The maximum atomic E-state index is 12.6. The number of aromatic nitrogens is 2. The highest BCUT2D eigenvalue weighted by Gasteiger charge is 2.27. The van der Waals surface area contributed by atoms with E-state index in [1.807, 2.05) is 35.2 Å². The zero-order chi connectivity index (χ0) is 20.2. The molecule has 2 amide bonds. The predicted octanol–water partition coefficient (Wildman–Crippen LogP) is 5.36. The number of amides is 2. The van der Waals surface area contributed by atoms with Crippen molar-refractivity contribution in [3.63, 3.8) is 0 Å². The molecule has 0 atom stereocenters. The van der Waals surface area contributed by atoms with E-state index in [-0.39, 0.29) is 11.9 Å². The number of benzene rings is 2. The van der Waals surface area contributed by atoms with Crippen molar-refractivity contribution in [2.75, 3.05) is 18.4 Å². The molecule has 3 aromatic rings. The van der Waals surface area contributed by atoms with Gasteiger partial charge in [-0.05, 0) is 61.2 Å². The largest absolute Gasteiger partial charge is 0.339 e. The van der Waals surface area contributed by atoms with Gasteiger partial charge in [0.15, 0.2) is 0 Å². The van der Waals surface area contributed by atoms with E-state index in [1.54, 1.807) is 12.1 Å². The summed E-state index contributed by atoms with van der Waals surface area (Å²) in [6.45, 7) is 3.41. The van der Waals surface area contributed by atoms with Crippen LogP contribution in [-0.2, 0) is 6.42 Å². The fraction of sp³-hybridized carbons (Fsp3) is 0.318. The first kappa shape index (κ1) is 19.5. The van der Waals surface area contributed by atoms with Crippen LogP contribution in [0.15, 0.2) is 53.1 Å². The lowest BCUT2D eigenvalue weighted by atomic mass is 9.97. The summed E-state index contributed by atoms with van der Waals surface area (Å²) in [6, 6.07) is 15.2. The standard InChI is InChI=1S/C22H23ClN4O2/c1-2-15-4-3-5-19(14-15)24-22(28)27-12-10-17(11-13-27)21-25-20(26-29-21)16-6-8-18(23)9-7-16/h3-9,14,17H,2,10-13H2,1H3,(H,24,28). The normalized spacial score (nSPS) is 14.8. The van der Waals surface area contributed by atoms with E-state index in [0.29, 0.717) is 29.8 Å². The van der Waals surface area contributed by atoms with E-state index < -0.39 is 0 Å². The molecular weight excluding hydrogens is 388 g/mol. The van der Waals surface area contributed by atoms with Crippen LogP contribution in [0.2, 0.25) is 5.02 Å². The number of piperidine rings is 1. The minimum absolute atomic E-state index is 0.0657. The second kappa shape index (κ2) is 8.66. The molecular formula is C22H23ClN4O2. The van der Waals surface area contributed by atoms with Crippen molar-refractivity contribution < 1.29 is 9.32 Å². The summed E-state index contributed by atoms with van der Waals surface area (Å²) < 4.78 is 5.49. The molecule has 7 heteroatoms. The highest BCUT2D eigenvalue weighted by atomic mass is 35.5. The SMILES string of the molecule is CCc1cccc(NC(=O)N2CCC(c3nc(-c4ccc(Cl)cc4)no3)CC2)c1. The van der Waals surface area contributed by atoms with E-state index in [2.05, 4.69) is 28.4 Å². The summed E-state index contributed by atoms with van der Waals surface area (Å²) >= 11 is 5.93. The van der Waals surface area contributed by atoms with Crippen molar-refractivity contribution in [2.24, 2.45) is 0 Å². The first-order valence-corrected chi connectivity index (χ1v) is 10.2. The van der Waals surface area contributed by atoms with Gasteiger partial charge in [0.25, 0.3) is 0 Å². The molecule has 2 aromatic carbocycles. The van der Waals surface area contributed by atoms with Gasteiger partial charge in [-0.3, -0.25) is 0 Å². The number of carbonyl (C=O) groups is 1. The fourth-order valence-electron chi connectivity index (χ4n) is 3.52. The zero-order valence-corrected chi connectivity index (χ0v) is 17.0. The van der Waals surface area contributed by atoms with Crippen molar-refractivity contribution in [3.8, 4) is 11.4 Å². The Balaban J connectivity index is 1.34. The number of aryl methyl sites for hydroxylation is 1. The molecule has 1 fully saturated rings. The first-order chi connectivity index (χ1) is 14.1. The molecule has 2 heterocycles. The molecule has 0 bridgehead atoms. The lowest BCUT2D eigenvalue weighted by molar-refractivity contribution is 0.187. The van der Waals surface area contributed by atoms with Crippen LogP contribution in [0.4, 0.5) is 10.5 Å². The van der Waals surface area contributed by atoms with E-state index in [4.69, 9.17) is 16.1 Å². The average Bonchev–Trinajstić information content (AvgIpc) is 3.25. The molecule has 4 rings (SSSR count). The summed E-state index contributed by atoms with van der Waals surface area (Å²) in [5.41, 5.74) is 2.91. The number of hydrogen-bond acceptors (Lipinski definition) is 4. The van der Waals surface area contributed by atoms with Crippen LogP contribution in [0.25, 0.3) is 11.4 Å². The third kappa shape index (κ3) is 4.59. The number of likely N-dealkylation sites (tertiary alicyclic amines) is 1. The number of carbonyl (C=O) groups excluding carboxylic acids is 1. The highest BCUT2D eigenvalue weighted by Crippen LogP contribution is 2.29. The summed E-state index contributed by atoms with van der Waals surface area (Å²) in [6.07, 6.45) is 2.53. The molecule has 1 aliphatic heterocycles. The Morgan fingerprint density at radius 1 is 1.21 bits per heavy atom. The van der Waals surface area contributed by atoms with Crippen LogP contribution in [0.5, 0.6) is 0 Å². The smallest absolute Gasteiger partial charge is 0.321 e. The van der Waals surface area contributed by atoms with Gasteiger partial charge in [-0.15, -0.1) is 0 Å². The molecule has 1 aromatic heterocycles. The summed E-state index contributed by atoms with van der Waals surface area (Å²) in [5.74, 6) is 1.36. The minimum atomic E-state index is -0.0657. The van der Waals surface area contributed by atoms with Gasteiger partial charge in [0.2, 0.25) is 11.7 Å². The number of urea groups is 1. The summed E-state index contributed by atoms with van der Waals surface area (Å²) in [7, 11) is 0. The summed E-state index contributed by atoms with van der Waals surface area (Å²) in [5, 5.41) is 7.76. The topological polar surface area (TPSA) is 71.3 Å². The van der Waals surface area contributed by atoms with Gasteiger partial charge < -0.3 is 14.7 Å². The Hall–Kier alpha value is -2.86. The number of hydrogen-bond donors (Lipinski definition) is 1. The van der Waals surface area contributed by atoms with Crippen LogP contribution in [0, 0.1) is 0 Å². The quantitative estimate of drug-likeness (QED) is 0.628. The molecule has 150 valence electrons. The Kier molecular flexibility index (Phi) is 5.81.